The van der Waals surface area contributed by atoms with E-state index in [2.05, 4.69) is 5.32 Å². The highest BCUT2D eigenvalue weighted by Crippen LogP contribution is 2.09. The SMILES string of the molecule is CCC/C(NCC#N)=C(\C)C(=O)OCC. The number of nitrogens with zero attached hydrogens (tertiary/aromatic N) is 1. The van der Waals surface area contributed by atoms with Gasteiger partial charge in [0.25, 0.3) is 0 Å². The van der Waals surface area contributed by atoms with Crippen LogP contribution in [0.3, 0.4) is 0 Å². The van der Waals surface area contributed by atoms with Crippen LogP contribution in [-0.2, 0) is 9.53 Å². The molecule has 0 aromatic heterocycles. The molecule has 0 fully saturated rings. The lowest BCUT2D eigenvalue weighted by atomic mass is 10.1. The number of carbonyl (C=O) groups excluding carboxylic acids is 1. The minimum atomic E-state index is -0.314. The monoisotopic (exact) mass is 210 g/mol. The highest BCUT2D eigenvalue weighted by atomic mass is 16.5. The van der Waals surface area contributed by atoms with E-state index >= 15 is 0 Å². The number of ether oxygens (including phenoxy) is 1. The van der Waals surface area contributed by atoms with Crippen molar-refractivity contribution in [3.63, 3.8) is 0 Å². The summed E-state index contributed by atoms with van der Waals surface area (Å²) in [7, 11) is 0. The molecule has 0 aromatic carbocycles. The molecule has 84 valence electrons. The Morgan fingerprint density at radius 1 is 1.47 bits per heavy atom. The van der Waals surface area contributed by atoms with Crippen LogP contribution in [0.4, 0.5) is 0 Å². The average molecular weight is 210 g/mol. The third-order valence-electron chi connectivity index (χ3n) is 1.92. The second-order valence-electron chi connectivity index (χ2n) is 3.09. The van der Waals surface area contributed by atoms with Crippen LogP contribution in [0.25, 0.3) is 0 Å². The molecule has 0 aliphatic rings. The zero-order valence-corrected chi connectivity index (χ0v) is 9.59. The molecule has 4 nitrogen and oxygen atoms in total. The first-order chi connectivity index (χ1) is 7.17. The van der Waals surface area contributed by atoms with Crippen LogP contribution in [-0.4, -0.2) is 19.1 Å². The first-order valence-corrected chi connectivity index (χ1v) is 5.15. The molecule has 0 radical (unpaired) electrons. The molecular formula is C11H18N2O2. The molecule has 0 amide bonds. The van der Waals surface area contributed by atoms with Gasteiger partial charge in [0.15, 0.2) is 0 Å². The van der Waals surface area contributed by atoms with Crippen molar-refractivity contribution in [2.24, 2.45) is 0 Å². The van der Waals surface area contributed by atoms with Gasteiger partial charge in [-0.25, -0.2) is 4.79 Å². The summed E-state index contributed by atoms with van der Waals surface area (Å²) in [5.74, 6) is -0.314. The van der Waals surface area contributed by atoms with Gasteiger partial charge >= 0.3 is 5.97 Å². The molecule has 4 heteroatoms. The summed E-state index contributed by atoms with van der Waals surface area (Å²) in [5, 5.41) is 11.4. The Morgan fingerprint density at radius 2 is 2.13 bits per heavy atom. The van der Waals surface area contributed by atoms with Gasteiger partial charge in [0.05, 0.1) is 18.2 Å². The summed E-state index contributed by atoms with van der Waals surface area (Å²) in [4.78, 5) is 11.4. The Kier molecular flexibility index (Phi) is 7.08. The van der Waals surface area contributed by atoms with Gasteiger partial charge in [0, 0.05) is 5.70 Å². The van der Waals surface area contributed by atoms with E-state index in [1.54, 1.807) is 13.8 Å². The van der Waals surface area contributed by atoms with Crippen molar-refractivity contribution >= 4 is 5.97 Å². The molecule has 0 rings (SSSR count). The number of hydrogen-bond donors (Lipinski definition) is 1. The van der Waals surface area contributed by atoms with Gasteiger partial charge in [-0.1, -0.05) is 13.3 Å². The largest absolute Gasteiger partial charge is 0.463 e. The van der Waals surface area contributed by atoms with Crippen LogP contribution in [0.2, 0.25) is 0 Å². The van der Waals surface area contributed by atoms with Crippen molar-refractivity contribution in [3.8, 4) is 6.07 Å². The Bertz CT molecular complexity index is 277. The molecule has 0 saturated heterocycles. The van der Waals surface area contributed by atoms with Crippen molar-refractivity contribution in [1.29, 1.82) is 5.26 Å². The minimum absolute atomic E-state index is 0.214. The third-order valence-corrected chi connectivity index (χ3v) is 1.92. The van der Waals surface area contributed by atoms with Crippen molar-refractivity contribution < 1.29 is 9.53 Å². The normalized spacial score (nSPS) is 11.3. The number of hydrogen-bond acceptors (Lipinski definition) is 4. The molecule has 0 unspecified atom stereocenters. The van der Waals surface area contributed by atoms with Crippen LogP contribution >= 0.6 is 0 Å². The number of carbonyl (C=O) groups is 1. The van der Waals surface area contributed by atoms with Crippen LogP contribution in [0.1, 0.15) is 33.6 Å². The Labute approximate surface area is 90.9 Å². The van der Waals surface area contributed by atoms with E-state index in [0.717, 1.165) is 18.5 Å². The van der Waals surface area contributed by atoms with Gasteiger partial charge in [0.1, 0.15) is 6.54 Å². The molecule has 0 aliphatic carbocycles. The van der Waals surface area contributed by atoms with E-state index in [0.29, 0.717) is 12.2 Å². The highest BCUT2D eigenvalue weighted by molar-refractivity contribution is 5.88. The highest BCUT2D eigenvalue weighted by Gasteiger charge is 2.10. The predicted molar refractivity (Wildman–Crippen MR) is 57.9 cm³/mol. The van der Waals surface area contributed by atoms with Crippen LogP contribution < -0.4 is 5.32 Å². The second kappa shape index (κ2) is 7.86. The van der Waals surface area contributed by atoms with Gasteiger partial charge in [-0.2, -0.15) is 5.26 Å². The first kappa shape index (κ1) is 13.5. The molecule has 15 heavy (non-hydrogen) atoms. The quantitative estimate of drug-likeness (QED) is 0.412. The molecule has 0 atom stereocenters. The number of nitrogens with one attached hydrogen (secondary N) is 1. The van der Waals surface area contributed by atoms with E-state index in [1.165, 1.54) is 0 Å². The van der Waals surface area contributed by atoms with Crippen LogP contribution in [0.5, 0.6) is 0 Å². The second-order valence-corrected chi connectivity index (χ2v) is 3.09. The average Bonchev–Trinajstić information content (AvgIpc) is 2.23. The Morgan fingerprint density at radius 3 is 2.60 bits per heavy atom. The van der Waals surface area contributed by atoms with Gasteiger partial charge in [-0.15, -0.1) is 0 Å². The molecule has 0 bridgehead atoms. The summed E-state index contributed by atoms with van der Waals surface area (Å²) >= 11 is 0. The first-order valence-electron chi connectivity index (χ1n) is 5.15. The molecule has 0 aliphatic heterocycles. The standard InChI is InChI=1S/C11H18N2O2/c1-4-6-10(13-8-7-12)9(3)11(14)15-5-2/h13H,4-6,8H2,1-3H3/b10-9-. The fourth-order valence-corrected chi connectivity index (χ4v) is 1.17. The lowest BCUT2D eigenvalue weighted by Gasteiger charge is -2.11. The van der Waals surface area contributed by atoms with Crippen molar-refractivity contribution in [1.82, 2.24) is 5.32 Å². The lowest BCUT2D eigenvalue weighted by molar-refractivity contribution is -0.138. The zero-order chi connectivity index (χ0) is 11.7. The third kappa shape index (κ3) is 5.06. The fourth-order valence-electron chi connectivity index (χ4n) is 1.17. The summed E-state index contributed by atoms with van der Waals surface area (Å²) in [6.45, 7) is 6.09. The van der Waals surface area contributed by atoms with Gasteiger partial charge < -0.3 is 10.1 Å². The number of allylic oxidation sites excluding steroid dienone is 1. The van der Waals surface area contributed by atoms with Gasteiger partial charge in [0.2, 0.25) is 0 Å². The van der Waals surface area contributed by atoms with Crippen molar-refractivity contribution in [2.45, 2.75) is 33.6 Å². The Balaban J connectivity index is 4.59. The van der Waals surface area contributed by atoms with Crippen molar-refractivity contribution in [2.75, 3.05) is 13.2 Å². The van der Waals surface area contributed by atoms with Crippen molar-refractivity contribution in [3.05, 3.63) is 11.3 Å². The molecule has 0 spiro atoms. The van der Waals surface area contributed by atoms with Crippen LogP contribution in [0.15, 0.2) is 11.3 Å². The van der Waals surface area contributed by atoms with E-state index in [9.17, 15) is 4.79 Å². The summed E-state index contributed by atoms with van der Waals surface area (Å²) in [6, 6.07) is 1.98. The van der Waals surface area contributed by atoms with Crippen LogP contribution in [0, 0.1) is 11.3 Å². The lowest BCUT2D eigenvalue weighted by Crippen LogP contribution is -2.19. The fraction of sp³-hybridized carbons (Fsp3) is 0.636. The molecule has 1 N–H and O–H groups in total. The van der Waals surface area contributed by atoms with E-state index in [4.69, 9.17) is 10.00 Å². The minimum Gasteiger partial charge on any atom is -0.463 e. The van der Waals surface area contributed by atoms with Gasteiger partial charge in [-0.3, -0.25) is 0 Å². The maximum absolute atomic E-state index is 11.4. The maximum Gasteiger partial charge on any atom is 0.335 e. The topological polar surface area (TPSA) is 62.1 Å². The summed E-state index contributed by atoms with van der Waals surface area (Å²) in [5.41, 5.74) is 1.37. The molecule has 0 aromatic rings. The predicted octanol–water partition coefficient (Wildman–Crippen LogP) is 1.74. The number of rotatable bonds is 6. The molecular weight excluding hydrogens is 192 g/mol. The van der Waals surface area contributed by atoms with E-state index in [-0.39, 0.29) is 12.5 Å². The number of esters is 1. The van der Waals surface area contributed by atoms with Gasteiger partial charge in [-0.05, 0) is 20.3 Å². The van der Waals surface area contributed by atoms with E-state index < -0.39 is 0 Å². The smallest absolute Gasteiger partial charge is 0.335 e. The molecule has 0 heterocycles. The zero-order valence-electron chi connectivity index (χ0n) is 9.59. The Hall–Kier alpha value is -1.50. The maximum atomic E-state index is 11.4. The summed E-state index contributed by atoms with van der Waals surface area (Å²) < 4.78 is 4.89. The number of nitriles is 1. The molecule has 0 saturated carbocycles. The van der Waals surface area contributed by atoms with E-state index in [1.807, 2.05) is 13.0 Å². The summed E-state index contributed by atoms with van der Waals surface area (Å²) in [6.07, 6.45) is 1.68.